The van der Waals surface area contributed by atoms with Crippen LogP contribution in [-0.2, 0) is 6.42 Å². The van der Waals surface area contributed by atoms with Gasteiger partial charge in [0.25, 0.3) is 5.91 Å². The van der Waals surface area contributed by atoms with E-state index >= 15 is 0 Å². The second kappa shape index (κ2) is 7.22. The van der Waals surface area contributed by atoms with Crippen LogP contribution < -0.4 is 0 Å². The monoisotopic (exact) mass is 365 g/mol. The van der Waals surface area contributed by atoms with Crippen LogP contribution >= 0.6 is 11.3 Å². The van der Waals surface area contributed by atoms with Gasteiger partial charge in [0, 0.05) is 17.8 Å². The van der Waals surface area contributed by atoms with Crippen LogP contribution in [0, 0.1) is 6.92 Å². The zero-order valence-corrected chi connectivity index (χ0v) is 15.8. The van der Waals surface area contributed by atoms with E-state index in [1.54, 1.807) is 11.3 Å². The lowest BCUT2D eigenvalue weighted by molar-refractivity contribution is 0.0550. The standard InChI is InChI=1S/C22H23NO2S/c1-15-6-8-16(9-7-15)14-19-18-4-2-3-5-20(18)26-21(19)22(25)23-12-10-17(24)11-13-23/h2-9,17,24H,10-14H2,1H3. The number of carbonyl (C=O) groups is 1. The maximum Gasteiger partial charge on any atom is 0.264 e. The van der Waals surface area contributed by atoms with Gasteiger partial charge in [0.05, 0.1) is 11.0 Å². The van der Waals surface area contributed by atoms with Gasteiger partial charge in [-0.15, -0.1) is 11.3 Å². The molecule has 0 saturated carbocycles. The molecule has 4 heteroatoms. The molecule has 2 heterocycles. The summed E-state index contributed by atoms with van der Waals surface area (Å²) in [6, 6.07) is 16.8. The van der Waals surface area contributed by atoms with E-state index in [1.807, 2.05) is 17.0 Å². The fourth-order valence-corrected chi connectivity index (χ4v) is 4.76. The second-order valence-electron chi connectivity index (χ2n) is 7.09. The summed E-state index contributed by atoms with van der Waals surface area (Å²) in [5.41, 5.74) is 3.60. The predicted molar refractivity (Wildman–Crippen MR) is 107 cm³/mol. The van der Waals surface area contributed by atoms with E-state index in [-0.39, 0.29) is 12.0 Å². The topological polar surface area (TPSA) is 40.5 Å². The number of thiophene rings is 1. The van der Waals surface area contributed by atoms with Gasteiger partial charge in [-0.1, -0.05) is 48.0 Å². The molecule has 3 nitrogen and oxygen atoms in total. The number of aryl methyl sites for hydroxylation is 1. The maximum atomic E-state index is 13.2. The molecule has 26 heavy (non-hydrogen) atoms. The lowest BCUT2D eigenvalue weighted by Crippen LogP contribution is -2.40. The number of rotatable bonds is 3. The third-order valence-corrected chi connectivity index (χ3v) is 6.35. The van der Waals surface area contributed by atoms with E-state index in [0.29, 0.717) is 25.9 Å². The number of hydrogen-bond donors (Lipinski definition) is 1. The van der Waals surface area contributed by atoms with Gasteiger partial charge in [0.15, 0.2) is 0 Å². The van der Waals surface area contributed by atoms with Crippen molar-refractivity contribution >= 4 is 27.3 Å². The minimum atomic E-state index is -0.270. The lowest BCUT2D eigenvalue weighted by atomic mass is 10.00. The SMILES string of the molecule is Cc1ccc(Cc2c(C(=O)N3CCC(O)CC3)sc3ccccc23)cc1. The van der Waals surface area contributed by atoms with Crippen molar-refractivity contribution < 1.29 is 9.90 Å². The molecule has 1 saturated heterocycles. The molecule has 1 fully saturated rings. The molecule has 1 aromatic heterocycles. The van der Waals surface area contributed by atoms with Gasteiger partial charge in [0.2, 0.25) is 0 Å². The molecule has 0 atom stereocenters. The van der Waals surface area contributed by atoms with Crippen LogP contribution in [0.3, 0.4) is 0 Å². The minimum Gasteiger partial charge on any atom is -0.393 e. The largest absolute Gasteiger partial charge is 0.393 e. The van der Waals surface area contributed by atoms with Crippen molar-refractivity contribution in [2.45, 2.75) is 32.3 Å². The van der Waals surface area contributed by atoms with Crippen LogP contribution in [0.1, 0.15) is 39.2 Å². The van der Waals surface area contributed by atoms with Crippen molar-refractivity contribution in [3.63, 3.8) is 0 Å². The Hall–Kier alpha value is -2.17. The number of nitrogens with zero attached hydrogens (tertiary/aromatic N) is 1. The number of aliphatic hydroxyl groups is 1. The predicted octanol–water partition coefficient (Wildman–Crippen LogP) is 4.40. The molecule has 1 aliphatic heterocycles. The number of carbonyl (C=O) groups excluding carboxylic acids is 1. The first kappa shape index (κ1) is 17.3. The summed E-state index contributed by atoms with van der Waals surface area (Å²) in [5, 5.41) is 10.9. The van der Waals surface area contributed by atoms with Crippen molar-refractivity contribution in [2.75, 3.05) is 13.1 Å². The quantitative estimate of drug-likeness (QED) is 0.747. The molecular weight excluding hydrogens is 342 g/mol. The lowest BCUT2D eigenvalue weighted by Gasteiger charge is -2.29. The van der Waals surface area contributed by atoms with Gasteiger partial charge in [-0.05, 0) is 48.8 Å². The van der Waals surface area contributed by atoms with E-state index in [9.17, 15) is 9.90 Å². The number of hydrogen-bond acceptors (Lipinski definition) is 3. The number of aliphatic hydroxyl groups excluding tert-OH is 1. The summed E-state index contributed by atoms with van der Waals surface area (Å²) < 4.78 is 1.16. The van der Waals surface area contributed by atoms with E-state index in [4.69, 9.17) is 0 Å². The highest BCUT2D eigenvalue weighted by atomic mass is 32.1. The highest BCUT2D eigenvalue weighted by Crippen LogP contribution is 2.34. The normalized spacial score (nSPS) is 15.5. The van der Waals surface area contributed by atoms with Crippen molar-refractivity contribution in [1.82, 2.24) is 4.90 Å². The highest BCUT2D eigenvalue weighted by molar-refractivity contribution is 7.21. The first-order valence-corrected chi connectivity index (χ1v) is 9.97. The summed E-state index contributed by atoms with van der Waals surface area (Å²) in [6.07, 6.45) is 1.84. The first-order valence-electron chi connectivity index (χ1n) is 9.15. The van der Waals surface area contributed by atoms with Crippen molar-refractivity contribution in [1.29, 1.82) is 0 Å². The van der Waals surface area contributed by atoms with E-state index in [0.717, 1.165) is 21.6 Å². The van der Waals surface area contributed by atoms with Gasteiger partial charge in [0.1, 0.15) is 0 Å². The Morgan fingerprint density at radius 3 is 2.54 bits per heavy atom. The van der Waals surface area contributed by atoms with E-state index in [2.05, 4.69) is 43.3 Å². The molecule has 1 N–H and O–H groups in total. The molecule has 0 aliphatic carbocycles. The van der Waals surface area contributed by atoms with Crippen LogP contribution in [-0.4, -0.2) is 35.1 Å². The Labute approximate surface area is 157 Å². The number of fused-ring (bicyclic) bond motifs is 1. The van der Waals surface area contributed by atoms with Crippen LogP contribution in [0.5, 0.6) is 0 Å². The van der Waals surface area contributed by atoms with Gasteiger partial charge in [-0.25, -0.2) is 0 Å². The molecule has 134 valence electrons. The Morgan fingerprint density at radius 1 is 1.12 bits per heavy atom. The average molecular weight is 365 g/mol. The van der Waals surface area contributed by atoms with Gasteiger partial charge >= 0.3 is 0 Å². The molecule has 3 aromatic rings. The molecule has 2 aromatic carbocycles. The highest BCUT2D eigenvalue weighted by Gasteiger charge is 2.26. The average Bonchev–Trinajstić information content (AvgIpc) is 3.02. The first-order chi connectivity index (χ1) is 12.6. The van der Waals surface area contributed by atoms with Crippen molar-refractivity contribution in [2.24, 2.45) is 0 Å². The summed E-state index contributed by atoms with van der Waals surface area (Å²) in [4.78, 5) is 15.9. The Balaban J connectivity index is 1.71. The minimum absolute atomic E-state index is 0.111. The number of piperidine rings is 1. The molecule has 1 amide bonds. The Morgan fingerprint density at radius 2 is 1.81 bits per heavy atom. The molecule has 0 spiro atoms. The third kappa shape index (κ3) is 3.39. The molecule has 0 radical (unpaired) electrons. The van der Waals surface area contributed by atoms with Gasteiger partial charge in [-0.2, -0.15) is 0 Å². The molecular formula is C22H23NO2S. The zero-order chi connectivity index (χ0) is 18.1. The molecule has 0 unspecified atom stereocenters. The second-order valence-corrected chi connectivity index (χ2v) is 8.14. The molecule has 1 aliphatic rings. The summed E-state index contributed by atoms with van der Waals surface area (Å²) >= 11 is 1.60. The smallest absolute Gasteiger partial charge is 0.264 e. The number of likely N-dealkylation sites (tertiary alicyclic amines) is 1. The molecule has 0 bridgehead atoms. The van der Waals surface area contributed by atoms with Crippen molar-refractivity contribution in [3.8, 4) is 0 Å². The van der Waals surface area contributed by atoms with Gasteiger partial charge in [-0.3, -0.25) is 4.79 Å². The molecule has 4 rings (SSSR count). The van der Waals surface area contributed by atoms with Crippen LogP contribution in [0.15, 0.2) is 48.5 Å². The van der Waals surface area contributed by atoms with Crippen LogP contribution in [0.25, 0.3) is 10.1 Å². The summed E-state index contributed by atoms with van der Waals surface area (Å²) in [6.45, 7) is 3.36. The van der Waals surface area contributed by atoms with Crippen LogP contribution in [0.2, 0.25) is 0 Å². The Bertz CT molecular complexity index is 921. The van der Waals surface area contributed by atoms with Gasteiger partial charge < -0.3 is 10.0 Å². The number of benzene rings is 2. The van der Waals surface area contributed by atoms with E-state index in [1.165, 1.54) is 16.5 Å². The van der Waals surface area contributed by atoms with Crippen molar-refractivity contribution in [3.05, 3.63) is 70.1 Å². The maximum absolute atomic E-state index is 13.2. The third-order valence-electron chi connectivity index (χ3n) is 5.15. The summed E-state index contributed by atoms with van der Waals surface area (Å²) in [5.74, 6) is 0.111. The fraction of sp³-hybridized carbons (Fsp3) is 0.318. The zero-order valence-electron chi connectivity index (χ0n) is 14.9. The Kier molecular flexibility index (Phi) is 4.79. The van der Waals surface area contributed by atoms with E-state index < -0.39 is 0 Å². The summed E-state index contributed by atoms with van der Waals surface area (Å²) in [7, 11) is 0. The van der Waals surface area contributed by atoms with Crippen LogP contribution in [0.4, 0.5) is 0 Å². The number of amides is 1. The fourth-order valence-electron chi connectivity index (χ4n) is 3.57.